The highest BCUT2D eigenvalue weighted by Gasteiger charge is 2.39. The van der Waals surface area contributed by atoms with Crippen LogP contribution in [0.2, 0.25) is 0 Å². The van der Waals surface area contributed by atoms with Crippen molar-refractivity contribution in [3.63, 3.8) is 0 Å². The number of para-hydroxylation sites is 10. The van der Waals surface area contributed by atoms with Gasteiger partial charge in [-0.15, -0.1) is 0 Å². The molecule has 0 unspecified atom stereocenters. The summed E-state index contributed by atoms with van der Waals surface area (Å²) >= 11 is 0. The largest absolute Gasteiger partial charge is 0.309 e. The normalized spacial score (nSPS) is 12.6. The molecule has 0 aliphatic heterocycles. The van der Waals surface area contributed by atoms with Crippen LogP contribution in [0.4, 0.5) is 0 Å². The molecule has 29 rings (SSSR count). The maximum absolute atomic E-state index is 5.46. The summed E-state index contributed by atoms with van der Waals surface area (Å²) in [6.07, 6.45) is 0. The van der Waals surface area contributed by atoms with Crippen LogP contribution < -0.4 is 0 Å². The van der Waals surface area contributed by atoms with Gasteiger partial charge in [0.15, 0.2) is 0 Å². The van der Waals surface area contributed by atoms with Gasteiger partial charge in [-0.3, -0.25) is 0 Å². The summed E-state index contributed by atoms with van der Waals surface area (Å²) in [5.41, 5.74) is 33.5. The molecule has 9 nitrogen and oxygen atoms in total. The molecular weight excluding hydrogens is 1630 g/mol. The van der Waals surface area contributed by atoms with Crippen LogP contribution in [0, 0.1) is 0 Å². The Balaban J connectivity index is 0.000000134. The Kier molecular flexibility index (Phi) is 16.4. The third-order valence-corrected chi connectivity index (χ3v) is 28.6. The van der Waals surface area contributed by atoms with Crippen LogP contribution in [0.15, 0.2) is 443 Å². The van der Waals surface area contributed by atoms with Crippen LogP contribution in [0.1, 0.15) is 25.0 Å². The minimum Gasteiger partial charge on any atom is -0.309 e. The van der Waals surface area contributed by atoms with Gasteiger partial charge in [-0.05, 0) is 206 Å². The van der Waals surface area contributed by atoms with E-state index in [9.17, 15) is 0 Å². The number of fused-ring (bicyclic) bond motifs is 26. The van der Waals surface area contributed by atoms with Crippen LogP contribution in [0.25, 0.3) is 259 Å². The van der Waals surface area contributed by atoms with E-state index < -0.39 is 0 Å². The Morgan fingerprint density at radius 2 is 0.530 bits per heavy atom. The van der Waals surface area contributed by atoms with Gasteiger partial charge in [-0.2, -0.15) is 0 Å². The summed E-state index contributed by atoms with van der Waals surface area (Å²) in [5, 5.41) is 22.1. The molecule has 0 spiro atoms. The lowest BCUT2D eigenvalue weighted by Gasteiger charge is -2.25. The van der Waals surface area contributed by atoms with E-state index in [4.69, 9.17) is 19.9 Å². The molecule has 0 fully saturated rings. The topological polar surface area (TPSA) is 76.2 Å². The Morgan fingerprint density at radius 1 is 0.187 bits per heavy atom. The Bertz CT molecular complexity index is 9900. The SMILES string of the molecule is CC1(C)c2ccccc2-c2cccc(-c3nc4ccccc4nc3-c3cccc(-n4c5ccccc5c5cc6c(-n7c8ccccc8c8c9ccccc9ccc87)cccc6cc54)c3)c21.c1ccc(-n2c3ccccc3c3cc(-c4nc5ccccc5nc4-c4cccc(-n5c6ccccc6c6cc7c(-n8c9ccccc9c9c%10ccccc%10ccc98)cccc7cc65)c4)ccc32)cc1. The monoisotopic (exact) mass is 1710 g/mol. The van der Waals surface area contributed by atoms with Gasteiger partial charge in [0.1, 0.15) is 0 Å². The van der Waals surface area contributed by atoms with Crippen molar-refractivity contribution in [1.29, 1.82) is 0 Å². The summed E-state index contributed by atoms with van der Waals surface area (Å²) in [4.78, 5) is 21.7. The molecule has 1 aliphatic rings. The van der Waals surface area contributed by atoms with Crippen LogP contribution in [0.3, 0.4) is 0 Å². The van der Waals surface area contributed by atoms with E-state index in [1.165, 1.54) is 158 Å². The van der Waals surface area contributed by atoms with Gasteiger partial charge in [0, 0.05) is 109 Å². The van der Waals surface area contributed by atoms with E-state index in [-0.39, 0.29) is 5.41 Å². The van der Waals surface area contributed by atoms with Crippen molar-refractivity contribution in [2.75, 3.05) is 0 Å². The van der Waals surface area contributed by atoms with Crippen LogP contribution in [-0.4, -0.2) is 42.8 Å². The summed E-state index contributed by atoms with van der Waals surface area (Å²) in [7, 11) is 0. The smallest absolute Gasteiger partial charge is 0.0976 e. The number of benzene rings is 21. The first-order valence-electron chi connectivity index (χ1n) is 46.1. The predicted molar refractivity (Wildman–Crippen MR) is 560 cm³/mol. The first kappa shape index (κ1) is 75.3. The molecule has 0 saturated carbocycles. The van der Waals surface area contributed by atoms with Crippen molar-refractivity contribution in [3.8, 4) is 84.6 Å². The quantitative estimate of drug-likeness (QED) is 0.144. The molecule has 0 radical (unpaired) electrons. The molecule has 134 heavy (non-hydrogen) atoms. The molecule has 1 aliphatic carbocycles. The highest BCUT2D eigenvalue weighted by Crippen LogP contribution is 2.54. The molecule has 0 saturated heterocycles. The number of nitrogens with zero attached hydrogens (tertiary/aromatic N) is 9. The van der Waals surface area contributed by atoms with E-state index in [0.29, 0.717) is 0 Å². The maximum Gasteiger partial charge on any atom is 0.0976 e. The van der Waals surface area contributed by atoms with Crippen molar-refractivity contribution < 1.29 is 0 Å². The van der Waals surface area contributed by atoms with Gasteiger partial charge in [0.2, 0.25) is 0 Å². The second-order valence-corrected chi connectivity index (χ2v) is 36.2. The van der Waals surface area contributed by atoms with Crippen LogP contribution in [-0.2, 0) is 5.41 Å². The Labute approximate surface area is 769 Å². The minimum atomic E-state index is -0.212. The first-order valence-corrected chi connectivity index (χ1v) is 46.1. The van der Waals surface area contributed by atoms with Crippen molar-refractivity contribution in [2.24, 2.45) is 0 Å². The van der Waals surface area contributed by atoms with E-state index in [1.54, 1.807) is 0 Å². The summed E-state index contributed by atoms with van der Waals surface area (Å²) in [6.45, 7) is 4.69. The zero-order valence-electron chi connectivity index (χ0n) is 73.2. The summed E-state index contributed by atoms with van der Waals surface area (Å²) in [5.74, 6) is 0. The fourth-order valence-electron chi connectivity index (χ4n) is 22.8. The van der Waals surface area contributed by atoms with Crippen molar-refractivity contribution in [1.82, 2.24) is 42.8 Å². The molecule has 7 aromatic heterocycles. The fraction of sp³-hybridized carbons (Fsp3) is 0.0240. The Morgan fingerprint density at radius 3 is 1.04 bits per heavy atom. The summed E-state index contributed by atoms with van der Waals surface area (Å²) < 4.78 is 12.1. The van der Waals surface area contributed by atoms with E-state index in [1.807, 2.05) is 18.2 Å². The average Bonchev–Trinajstić information content (AvgIpc) is 1.56. The van der Waals surface area contributed by atoms with E-state index >= 15 is 0 Å². The average molecular weight is 1710 g/mol. The zero-order chi connectivity index (χ0) is 88.1. The molecule has 28 aromatic rings. The highest BCUT2D eigenvalue weighted by molar-refractivity contribution is 6.25. The highest BCUT2D eigenvalue weighted by atomic mass is 15.0. The van der Waals surface area contributed by atoms with Gasteiger partial charge in [-0.1, -0.05) is 305 Å². The maximum atomic E-state index is 5.46. The number of aromatic nitrogens is 9. The van der Waals surface area contributed by atoms with E-state index in [2.05, 4.69) is 461 Å². The molecule has 624 valence electrons. The molecule has 0 atom stereocenters. The van der Waals surface area contributed by atoms with Gasteiger partial charge in [-0.25, -0.2) is 19.9 Å². The van der Waals surface area contributed by atoms with Crippen LogP contribution >= 0.6 is 0 Å². The molecule has 21 aromatic carbocycles. The zero-order valence-corrected chi connectivity index (χ0v) is 73.2. The Hall–Kier alpha value is -17.7. The third kappa shape index (κ3) is 11.2. The molecule has 7 heterocycles. The van der Waals surface area contributed by atoms with Crippen molar-refractivity contribution in [3.05, 3.63) is 454 Å². The molecule has 0 amide bonds. The van der Waals surface area contributed by atoms with Gasteiger partial charge < -0.3 is 22.8 Å². The summed E-state index contributed by atoms with van der Waals surface area (Å²) in [6, 6.07) is 161. The van der Waals surface area contributed by atoms with Gasteiger partial charge >= 0.3 is 0 Å². The second kappa shape index (κ2) is 29.2. The van der Waals surface area contributed by atoms with Crippen molar-refractivity contribution in [2.45, 2.75) is 19.3 Å². The molecule has 9 heteroatoms. The predicted octanol–water partition coefficient (Wildman–Crippen LogP) is 32.3. The lowest BCUT2D eigenvalue weighted by Crippen LogP contribution is -2.16. The number of rotatable bonds is 9. The lowest BCUT2D eigenvalue weighted by molar-refractivity contribution is 0.662. The van der Waals surface area contributed by atoms with Gasteiger partial charge in [0.25, 0.3) is 0 Å². The van der Waals surface area contributed by atoms with Crippen molar-refractivity contribution >= 4 is 174 Å². The fourth-order valence-corrected chi connectivity index (χ4v) is 22.8. The molecule has 0 N–H and O–H groups in total. The van der Waals surface area contributed by atoms with E-state index in [0.717, 1.165) is 112 Å². The van der Waals surface area contributed by atoms with Crippen LogP contribution in [0.5, 0.6) is 0 Å². The lowest BCUT2D eigenvalue weighted by atomic mass is 9.79. The molecular formula is C125H79N9. The molecule has 0 bridgehead atoms. The minimum absolute atomic E-state index is 0.212. The van der Waals surface area contributed by atoms with Gasteiger partial charge in [0.05, 0.1) is 111 Å². The number of hydrogen-bond donors (Lipinski definition) is 0. The third-order valence-electron chi connectivity index (χ3n) is 28.6. The number of hydrogen-bond acceptors (Lipinski definition) is 4. The standard InChI is InChI=1S/C64H39N5.C61H40N4/c1-2-19-44(20-3-1)67-55-28-11-6-23-47(55)51-37-43(33-34-59(51)67)64-63(65-53-26-9-10-27-54(53)66-64)42-18-14-21-45(36-42)68-56-29-12-7-24-48(56)52-39-50-41(38-61(52)68)17-15-31-58(50)69-57-30-13-8-25-49(57)62-46-22-5-4-16-40(46)32-35-60(62)69;1-61(2)49-26-8-5-21-42(49)44-24-15-25-46(58(44)61)60-59(62-50-27-9-10-28-51(50)63-60)39-18-13-19-40(34-39)64-52-29-11-6-22-43(52)48-36-47-38(35-56(48)64)17-14-31-54(47)65-53-30-12-7-23-45(53)57-41-20-4-3-16-37(41)32-33-55(57)65/h1-39H;3-36H,1-2H3. The second-order valence-electron chi connectivity index (χ2n) is 36.2. The first-order chi connectivity index (χ1) is 66.2.